The van der Waals surface area contributed by atoms with E-state index in [1.165, 1.54) is 22.3 Å². The van der Waals surface area contributed by atoms with Gasteiger partial charge < -0.3 is 0 Å². The first-order valence-electron chi connectivity index (χ1n) is 9.87. The molecule has 0 saturated heterocycles. The van der Waals surface area contributed by atoms with Gasteiger partial charge in [-0.3, -0.25) is 4.79 Å². The van der Waals surface area contributed by atoms with Gasteiger partial charge in [0.2, 0.25) is 0 Å². The number of alkyl halides is 1. The van der Waals surface area contributed by atoms with Crippen LogP contribution in [0.2, 0.25) is 0 Å². The summed E-state index contributed by atoms with van der Waals surface area (Å²) in [5.41, 5.74) is 7.06. The molecule has 1 heterocycles. The van der Waals surface area contributed by atoms with Crippen molar-refractivity contribution in [1.82, 2.24) is 5.01 Å². The molecule has 0 N–H and O–H groups in total. The monoisotopic (exact) mass is 392 g/mol. The summed E-state index contributed by atoms with van der Waals surface area (Å²) in [7, 11) is 0. The number of hydrazone groups is 1. The van der Waals surface area contributed by atoms with Crippen molar-refractivity contribution in [2.24, 2.45) is 11.0 Å². The van der Waals surface area contributed by atoms with Gasteiger partial charge in [0.1, 0.15) is 5.88 Å². The molecule has 4 heteroatoms. The van der Waals surface area contributed by atoms with E-state index in [9.17, 15) is 4.79 Å². The van der Waals surface area contributed by atoms with Crippen LogP contribution in [0.5, 0.6) is 0 Å². The lowest BCUT2D eigenvalue weighted by Crippen LogP contribution is -2.32. The highest BCUT2D eigenvalue weighted by atomic mass is 35.5. The van der Waals surface area contributed by atoms with Crippen LogP contribution in [0.3, 0.4) is 0 Å². The summed E-state index contributed by atoms with van der Waals surface area (Å²) in [5.74, 6) is 0.0345. The molecule has 2 atom stereocenters. The largest absolute Gasteiger partial charge is 0.272 e. The molecular formula is C24H25ClN2O. The maximum atomic E-state index is 12.6. The van der Waals surface area contributed by atoms with E-state index in [2.05, 4.69) is 68.5 Å². The summed E-state index contributed by atoms with van der Waals surface area (Å²) in [6, 6.07) is 16.9. The molecule has 0 radical (unpaired) electrons. The Kier molecular flexibility index (Phi) is 5.36. The van der Waals surface area contributed by atoms with Crippen LogP contribution in [0, 0.1) is 19.8 Å². The number of rotatable bonds is 3. The van der Waals surface area contributed by atoms with E-state index in [1.807, 2.05) is 0 Å². The molecule has 2 aliphatic rings. The molecule has 2 aromatic carbocycles. The Morgan fingerprint density at radius 1 is 1.11 bits per heavy atom. The number of fused-ring (bicyclic) bond motifs is 1. The zero-order valence-electron chi connectivity index (χ0n) is 16.4. The van der Waals surface area contributed by atoms with E-state index in [0.717, 1.165) is 30.5 Å². The van der Waals surface area contributed by atoms with Gasteiger partial charge in [0.15, 0.2) is 0 Å². The van der Waals surface area contributed by atoms with E-state index >= 15 is 0 Å². The lowest BCUT2D eigenvalue weighted by atomic mass is 9.77. The molecule has 1 saturated carbocycles. The molecule has 1 amide bonds. The van der Waals surface area contributed by atoms with E-state index < -0.39 is 0 Å². The molecule has 144 valence electrons. The predicted molar refractivity (Wildman–Crippen MR) is 115 cm³/mol. The second kappa shape index (κ2) is 7.92. The van der Waals surface area contributed by atoms with Crippen LogP contribution in [-0.2, 0) is 4.79 Å². The Morgan fingerprint density at radius 2 is 1.75 bits per heavy atom. The van der Waals surface area contributed by atoms with Gasteiger partial charge in [-0.1, -0.05) is 59.7 Å². The number of benzene rings is 2. The Labute approximate surface area is 171 Å². The summed E-state index contributed by atoms with van der Waals surface area (Å²) in [6.07, 6.45) is 5.36. The maximum Gasteiger partial charge on any atom is 0.258 e. The minimum atomic E-state index is -0.135. The van der Waals surface area contributed by atoms with Crippen molar-refractivity contribution in [1.29, 1.82) is 0 Å². The second-order valence-corrected chi connectivity index (χ2v) is 8.06. The van der Waals surface area contributed by atoms with Crippen LogP contribution < -0.4 is 0 Å². The number of aryl methyl sites for hydroxylation is 2. The Morgan fingerprint density at radius 3 is 2.39 bits per heavy atom. The smallest absolute Gasteiger partial charge is 0.258 e. The first-order chi connectivity index (χ1) is 13.6. The third-order valence-corrected chi connectivity index (χ3v) is 5.94. The molecule has 0 aromatic heterocycles. The van der Waals surface area contributed by atoms with Crippen molar-refractivity contribution >= 4 is 29.3 Å². The van der Waals surface area contributed by atoms with Gasteiger partial charge in [0.25, 0.3) is 5.91 Å². The fraction of sp³-hybridized carbons (Fsp3) is 0.333. The fourth-order valence-electron chi connectivity index (χ4n) is 4.23. The summed E-state index contributed by atoms with van der Waals surface area (Å²) in [5, 5.41) is 6.43. The van der Waals surface area contributed by atoms with E-state index in [4.69, 9.17) is 16.7 Å². The number of halogens is 1. The Balaban J connectivity index is 1.73. The van der Waals surface area contributed by atoms with E-state index in [1.54, 1.807) is 5.01 Å². The Hall–Kier alpha value is -2.39. The molecule has 0 unspecified atom stereocenters. The highest BCUT2D eigenvalue weighted by molar-refractivity contribution is 6.27. The Bertz CT molecular complexity index is 928. The van der Waals surface area contributed by atoms with Crippen LogP contribution >= 0.6 is 11.6 Å². The zero-order valence-corrected chi connectivity index (χ0v) is 17.1. The molecular weight excluding hydrogens is 368 g/mol. The van der Waals surface area contributed by atoms with Gasteiger partial charge >= 0.3 is 0 Å². The molecule has 0 bridgehead atoms. The molecule has 3 nitrogen and oxygen atoms in total. The summed E-state index contributed by atoms with van der Waals surface area (Å²) in [6.45, 7) is 4.17. The summed E-state index contributed by atoms with van der Waals surface area (Å²) in [4.78, 5) is 12.6. The van der Waals surface area contributed by atoms with Crippen LogP contribution in [0.4, 0.5) is 0 Å². The van der Waals surface area contributed by atoms with E-state index in [-0.39, 0.29) is 23.7 Å². The van der Waals surface area contributed by atoms with Crippen molar-refractivity contribution in [2.75, 3.05) is 5.88 Å². The highest BCUT2D eigenvalue weighted by Gasteiger charge is 2.43. The standard InChI is InChI=1S/C24H25ClN2O/c1-16-6-10-18(11-7-16)14-20-4-3-5-21-23(20)26-27(22(28)15-25)24(21)19-12-8-17(2)9-13-19/h6-14,21,24H,3-5,15H2,1-2H3/b20-14+/t21-,24+/m0/s1. The maximum absolute atomic E-state index is 12.6. The normalized spacial score (nSPS) is 22.9. The lowest BCUT2D eigenvalue weighted by molar-refractivity contribution is -0.130. The van der Waals surface area contributed by atoms with Gasteiger partial charge in [0.05, 0.1) is 11.8 Å². The van der Waals surface area contributed by atoms with Crippen molar-refractivity contribution < 1.29 is 4.79 Å². The summed E-state index contributed by atoms with van der Waals surface area (Å²) < 4.78 is 0. The fourth-order valence-corrected chi connectivity index (χ4v) is 4.35. The number of allylic oxidation sites excluding steroid dienone is 1. The minimum Gasteiger partial charge on any atom is -0.272 e. The van der Waals surface area contributed by atoms with Crippen molar-refractivity contribution in [3.05, 3.63) is 76.4 Å². The molecule has 0 spiro atoms. The van der Waals surface area contributed by atoms with Gasteiger partial charge in [-0.15, -0.1) is 11.6 Å². The summed E-state index contributed by atoms with van der Waals surface area (Å²) >= 11 is 5.91. The molecule has 2 aromatic rings. The third kappa shape index (κ3) is 3.64. The van der Waals surface area contributed by atoms with Gasteiger partial charge in [-0.05, 0) is 55.9 Å². The first kappa shape index (κ1) is 18.9. The zero-order chi connectivity index (χ0) is 19.7. The van der Waals surface area contributed by atoms with Gasteiger partial charge in [-0.2, -0.15) is 5.10 Å². The molecule has 1 aliphatic carbocycles. The first-order valence-corrected chi connectivity index (χ1v) is 10.4. The lowest BCUT2D eigenvalue weighted by Gasteiger charge is -2.29. The van der Waals surface area contributed by atoms with Crippen LogP contribution in [0.1, 0.15) is 47.6 Å². The average molecular weight is 393 g/mol. The quantitative estimate of drug-likeness (QED) is 0.620. The number of nitrogens with zero attached hydrogens (tertiary/aromatic N) is 2. The van der Waals surface area contributed by atoms with Crippen molar-refractivity contribution in [3.63, 3.8) is 0 Å². The number of carbonyl (C=O) groups is 1. The number of hydrogen-bond acceptors (Lipinski definition) is 2. The molecule has 4 rings (SSSR count). The molecule has 1 fully saturated rings. The molecule has 1 aliphatic heterocycles. The predicted octanol–water partition coefficient (Wildman–Crippen LogP) is 5.67. The topological polar surface area (TPSA) is 32.7 Å². The van der Waals surface area contributed by atoms with Crippen LogP contribution in [-0.4, -0.2) is 22.5 Å². The van der Waals surface area contributed by atoms with E-state index in [0.29, 0.717) is 0 Å². The number of carbonyl (C=O) groups excluding carboxylic acids is 1. The number of hydrogen-bond donors (Lipinski definition) is 0. The SMILES string of the molecule is Cc1ccc(/C=C2\CCC[C@H]3C2=NN(C(=O)CCl)[C@@H]3c2ccc(C)cc2)cc1. The minimum absolute atomic E-state index is 0.0527. The van der Waals surface area contributed by atoms with Crippen LogP contribution in [0.15, 0.2) is 59.2 Å². The van der Waals surface area contributed by atoms with Gasteiger partial charge in [-0.25, -0.2) is 5.01 Å². The number of amides is 1. The van der Waals surface area contributed by atoms with Gasteiger partial charge in [0, 0.05) is 5.92 Å². The second-order valence-electron chi connectivity index (χ2n) is 7.79. The van der Waals surface area contributed by atoms with Crippen molar-refractivity contribution in [3.8, 4) is 0 Å². The highest BCUT2D eigenvalue weighted by Crippen LogP contribution is 2.44. The molecule has 28 heavy (non-hydrogen) atoms. The van der Waals surface area contributed by atoms with Crippen LogP contribution in [0.25, 0.3) is 6.08 Å². The van der Waals surface area contributed by atoms with Crippen molar-refractivity contribution in [2.45, 2.75) is 39.2 Å². The average Bonchev–Trinajstić information content (AvgIpc) is 3.10. The third-order valence-electron chi connectivity index (χ3n) is 5.71.